The van der Waals surface area contributed by atoms with E-state index >= 15 is 0 Å². The van der Waals surface area contributed by atoms with E-state index in [1.54, 1.807) is 13.3 Å². The molecule has 0 atom stereocenters. The number of pyridine rings is 1. The minimum absolute atomic E-state index is 0. The van der Waals surface area contributed by atoms with Gasteiger partial charge in [0.05, 0.1) is 7.11 Å². The molecule has 0 aliphatic carbocycles. The molecule has 90 valence electrons. The highest BCUT2D eigenvalue weighted by atomic mass is 35.5. The minimum atomic E-state index is 0. The molecule has 2 rings (SSSR count). The zero-order valence-electron chi connectivity index (χ0n) is 9.43. The highest BCUT2D eigenvalue weighted by molar-refractivity contribution is 5.85. The second-order valence-electron chi connectivity index (χ2n) is 3.85. The van der Waals surface area contributed by atoms with Gasteiger partial charge in [0.2, 0.25) is 0 Å². The SMILES string of the molecule is COc1cccnc1N1CCC(N)CC1.Cl. The van der Waals surface area contributed by atoms with E-state index in [9.17, 15) is 0 Å². The fourth-order valence-electron chi connectivity index (χ4n) is 1.89. The van der Waals surface area contributed by atoms with E-state index in [1.807, 2.05) is 12.1 Å². The number of methoxy groups -OCH3 is 1. The van der Waals surface area contributed by atoms with E-state index in [0.29, 0.717) is 6.04 Å². The Labute approximate surface area is 102 Å². The van der Waals surface area contributed by atoms with Gasteiger partial charge in [-0.3, -0.25) is 0 Å². The molecule has 1 aliphatic heterocycles. The summed E-state index contributed by atoms with van der Waals surface area (Å²) in [5, 5.41) is 0. The zero-order chi connectivity index (χ0) is 10.7. The Morgan fingerprint density at radius 1 is 1.44 bits per heavy atom. The number of hydrogen-bond acceptors (Lipinski definition) is 4. The lowest BCUT2D eigenvalue weighted by Crippen LogP contribution is -2.40. The van der Waals surface area contributed by atoms with Crippen LogP contribution in [0, 0.1) is 0 Å². The third-order valence-electron chi connectivity index (χ3n) is 2.81. The van der Waals surface area contributed by atoms with Gasteiger partial charge >= 0.3 is 0 Å². The van der Waals surface area contributed by atoms with E-state index in [4.69, 9.17) is 10.5 Å². The van der Waals surface area contributed by atoms with Gasteiger partial charge in [0, 0.05) is 25.3 Å². The zero-order valence-corrected chi connectivity index (χ0v) is 10.2. The molecule has 16 heavy (non-hydrogen) atoms. The number of anilines is 1. The highest BCUT2D eigenvalue weighted by Gasteiger charge is 2.19. The van der Waals surface area contributed by atoms with Gasteiger partial charge in [-0.1, -0.05) is 0 Å². The Balaban J connectivity index is 0.00000128. The van der Waals surface area contributed by atoms with Crippen LogP contribution in [0.25, 0.3) is 0 Å². The lowest BCUT2D eigenvalue weighted by molar-refractivity contribution is 0.408. The van der Waals surface area contributed by atoms with Gasteiger partial charge < -0.3 is 15.4 Å². The first-order valence-corrected chi connectivity index (χ1v) is 5.31. The molecule has 2 N–H and O–H groups in total. The maximum Gasteiger partial charge on any atom is 0.171 e. The first-order chi connectivity index (χ1) is 7.31. The van der Waals surface area contributed by atoms with Crippen LogP contribution in [-0.4, -0.2) is 31.2 Å². The summed E-state index contributed by atoms with van der Waals surface area (Å²) < 4.78 is 5.29. The molecule has 1 saturated heterocycles. The van der Waals surface area contributed by atoms with Crippen LogP contribution in [0.5, 0.6) is 5.75 Å². The molecule has 0 unspecified atom stereocenters. The monoisotopic (exact) mass is 243 g/mol. The number of nitrogens with zero attached hydrogens (tertiary/aromatic N) is 2. The Kier molecular flexibility index (Phi) is 4.83. The topological polar surface area (TPSA) is 51.4 Å². The fraction of sp³-hybridized carbons (Fsp3) is 0.545. The molecule has 0 saturated carbocycles. The van der Waals surface area contributed by atoms with Crippen LogP contribution in [0.2, 0.25) is 0 Å². The molecule has 2 heterocycles. The lowest BCUT2D eigenvalue weighted by Gasteiger charge is -2.31. The first kappa shape index (κ1) is 13.1. The molecule has 1 fully saturated rings. The van der Waals surface area contributed by atoms with Crippen molar-refractivity contribution in [3.8, 4) is 5.75 Å². The van der Waals surface area contributed by atoms with Crippen molar-refractivity contribution < 1.29 is 4.74 Å². The van der Waals surface area contributed by atoms with Gasteiger partial charge in [0.15, 0.2) is 11.6 Å². The number of nitrogens with two attached hydrogens (primary N) is 1. The molecule has 1 aromatic heterocycles. The maximum atomic E-state index is 5.87. The van der Waals surface area contributed by atoms with Crippen molar-refractivity contribution in [2.45, 2.75) is 18.9 Å². The summed E-state index contributed by atoms with van der Waals surface area (Å²) >= 11 is 0. The van der Waals surface area contributed by atoms with Gasteiger partial charge in [-0.05, 0) is 25.0 Å². The van der Waals surface area contributed by atoms with Crippen LogP contribution >= 0.6 is 12.4 Å². The average molecular weight is 244 g/mol. The van der Waals surface area contributed by atoms with E-state index in [-0.39, 0.29) is 12.4 Å². The number of ether oxygens (including phenoxy) is 1. The van der Waals surface area contributed by atoms with Gasteiger partial charge in [0.25, 0.3) is 0 Å². The summed E-state index contributed by atoms with van der Waals surface area (Å²) in [5.74, 6) is 1.78. The van der Waals surface area contributed by atoms with Crippen molar-refractivity contribution in [3.05, 3.63) is 18.3 Å². The van der Waals surface area contributed by atoms with Crippen molar-refractivity contribution in [1.29, 1.82) is 0 Å². The summed E-state index contributed by atoms with van der Waals surface area (Å²) in [5.41, 5.74) is 5.87. The van der Waals surface area contributed by atoms with Crippen LogP contribution in [0.15, 0.2) is 18.3 Å². The van der Waals surface area contributed by atoms with Crippen molar-refractivity contribution in [2.24, 2.45) is 5.73 Å². The second-order valence-corrected chi connectivity index (χ2v) is 3.85. The summed E-state index contributed by atoms with van der Waals surface area (Å²) in [6.07, 6.45) is 3.85. The lowest BCUT2D eigenvalue weighted by atomic mass is 10.1. The smallest absolute Gasteiger partial charge is 0.171 e. The first-order valence-electron chi connectivity index (χ1n) is 5.31. The summed E-state index contributed by atoms with van der Waals surface area (Å²) in [6, 6.07) is 4.17. The van der Waals surface area contributed by atoms with Crippen LogP contribution < -0.4 is 15.4 Å². The molecule has 5 heteroatoms. The molecule has 0 amide bonds. The Morgan fingerprint density at radius 3 is 2.75 bits per heavy atom. The number of halogens is 1. The van der Waals surface area contributed by atoms with Crippen LogP contribution in [0.4, 0.5) is 5.82 Å². The Hall–Kier alpha value is -1.00. The van der Waals surface area contributed by atoms with Crippen LogP contribution in [0.1, 0.15) is 12.8 Å². The number of hydrogen-bond donors (Lipinski definition) is 1. The summed E-state index contributed by atoms with van der Waals surface area (Å²) in [6.45, 7) is 1.93. The molecule has 0 spiro atoms. The second kappa shape index (κ2) is 5.92. The largest absolute Gasteiger partial charge is 0.493 e. The van der Waals surface area contributed by atoms with Gasteiger partial charge in [0.1, 0.15) is 0 Å². The predicted molar refractivity (Wildman–Crippen MR) is 67.5 cm³/mol. The van der Waals surface area contributed by atoms with E-state index in [0.717, 1.165) is 37.5 Å². The normalized spacial score (nSPS) is 16.8. The number of piperidine rings is 1. The number of aromatic nitrogens is 1. The van der Waals surface area contributed by atoms with E-state index in [1.165, 1.54) is 0 Å². The average Bonchev–Trinajstić information content (AvgIpc) is 2.30. The van der Waals surface area contributed by atoms with Crippen molar-refractivity contribution in [1.82, 2.24) is 4.98 Å². The molecule has 1 aromatic rings. The fourth-order valence-corrected chi connectivity index (χ4v) is 1.89. The Bertz CT molecular complexity index is 327. The minimum Gasteiger partial charge on any atom is -0.493 e. The summed E-state index contributed by atoms with van der Waals surface area (Å²) in [7, 11) is 1.68. The molecular weight excluding hydrogens is 226 g/mol. The number of rotatable bonds is 2. The van der Waals surface area contributed by atoms with E-state index in [2.05, 4.69) is 9.88 Å². The third kappa shape index (κ3) is 2.77. The van der Waals surface area contributed by atoms with Crippen molar-refractivity contribution >= 4 is 18.2 Å². The molecule has 1 aliphatic rings. The Morgan fingerprint density at radius 2 is 2.12 bits per heavy atom. The molecule has 4 nitrogen and oxygen atoms in total. The third-order valence-corrected chi connectivity index (χ3v) is 2.81. The standard InChI is InChI=1S/C11H17N3O.ClH/c1-15-10-3-2-6-13-11(10)14-7-4-9(12)5-8-14;/h2-3,6,9H,4-5,7-8,12H2,1H3;1H. The maximum absolute atomic E-state index is 5.87. The summed E-state index contributed by atoms with van der Waals surface area (Å²) in [4.78, 5) is 6.60. The molecule has 0 aromatic carbocycles. The van der Waals surface area contributed by atoms with Gasteiger partial charge in [-0.2, -0.15) is 0 Å². The van der Waals surface area contributed by atoms with Crippen molar-refractivity contribution in [3.63, 3.8) is 0 Å². The predicted octanol–water partition coefficient (Wildman–Crippen LogP) is 1.44. The molecule has 0 bridgehead atoms. The molecular formula is C11H18ClN3O. The van der Waals surface area contributed by atoms with Crippen LogP contribution in [-0.2, 0) is 0 Å². The van der Waals surface area contributed by atoms with Gasteiger partial charge in [-0.15, -0.1) is 12.4 Å². The quantitative estimate of drug-likeness (QED) is 0.854. The van der Waals surface area contributed by atoms with Crippen molar-refractivity contribution in [2.75, 3.05) is 25.1 Å². The van der Waals surface area contributed by atoms with Gasteiger partial charge in [-0.25, -0.2) is 4.98 Å². The van der Waals surface area contributed by atoms with E-state index < -0.39 is 0 Å². The highest BCUT2D eigenvalue weighted by Crippen LogP contribution is 2.26. The molecule has 0 radical (unpaired) electrons. The van der Waals surface area contributed by atoms with Crippen LogP contribution in [0.3, 0.4) is 0 Å².